The quantitative estimate of drug-likeness (QED) is 0.239. The Kier molecular flexibility index (Phi) is 8.46. The van der Waals surface area contributed by atoms with Gasteiger partial charge in [-0.25, -0.2) is 13.8 Å². The number of hydrazone groups is 1. The lowest BCUT2D eigenvalue weighted by molar-refractivity contribution is -0.385. The number of sulfonamides is 1. The highest BCUT2D eigenvalue weighted by molar-refractivity contribution is 7.92. The third-order valence-corrected chi connectivity index (χ3v) is 6.84. The maximum absolute atomic E-state index is 13.4. The number of benzene rings is 3. The molecule has 0 fully saturated rings. The van der Waals surface area contributed by atoms with Crippen LogP contribution < -0.4 is 19.2 Å². The first-order valence-electron chi connectivity index (χ1n) is 10.2. The normalized spacial score (nSPS) is 11.2. The Balaban J connectivity index is 1.89. The highest BCUT2D eigenvalue weighted by Crippen LogP contribution is 2.34. The summed E-state index contributed by atoms with van der Waals surface area (Å²) in [6.07, 6.45) is 1.18. The van der Waals surface area contributed by atoms with Crippen molar-refractivity contribution in [2.75, 3.05) is 25.1 Å². The molecule has 3 aromatic rings. The van der Waals surface area contributed by atoms with Crippen molar-refractivity contribution in [1.82, 2.24) is 5.43 Å². The molecule has 0 spiro atoms. The molecule has 1 amide bonds. The summed E-state index contributed by atoms with van der Waals surface area (Å²) < 4.78 is 38.0. The summed E-state index contributed by atoms with van der Waals surface area (Å²) in [5.41, 5.74) is 2.32. The van der Waals surface area contributed by atoms with Crippen molar-refractivity contribution < 1.29 is 27.6 Å². The van der Waals surface area contributed by atoms with E-state index in [0.717, 1.165) is 4.31 Å². The Hall–Kier alpha value is -4.16. The number of methoxy groups -OCH3 is 2. The van der Waals surface area contributed by atoms with Crippen LogP contribution in [0.3, 0.4) is 0 Å². The van der Waals surface area contributed by atoms with E-state index in [4.69, 9.17) is 21.1 Å². The Labute approximate surface area is 212 Å². The molecule has 3 aromatic carbocycles. The minimum Gasteiger partial charge on any atom is -0.495 e. The third kappa shape index (κ3) is 6.09. The Morgan fingerprint density at radius 2 is 1.75 bits per heavy atom. The zero-order chi connectivity index (χ0) is 26.3. The zero-order valence-electron chi connectivity index (χ0n) is 19.1. The average molecular weight is 533 g/mol. The second kappa shape index (κ2) is 11.5. The maximum atomic E-state index is 13.4. The van der Waals surface area contributed by atoms with Crippen LogP contribution in [0.15, 0.2) is 76.7 Å². The summed E-state index contributed by atoms with van der Waals surface area (Å²) >= 11 is 6.10. The molecule has 0 aliphatic carbocycles. The summed E-state index contributed by atoms with van der Waals surface area (Å²) in [6, 6.07) is 16.0. The number of carbonyl (C=O) groups is 1. The minimum absolute atomic E-state index is 0.0473. The van der Waals surface area contributed by atoms with Crippen molar-refractivity contribution >= 4 is 45.1 Å². The van der Waals surface area contributed by atoms with Crippen LogP contribution in [0.1, 0.15) is 5.56 Å². The molecule has 0 atom stereocenters. The lowest BCUT2D eigenvalue weighted by atomic mass is 10.2. The number of carbonyl (C=O) groups excluding carboxylic acids is 1. The molecular formula is C23H21ClN4O7S. The van der Waals surface area contributed by atoms with Gasteiger partial charge >= 0.3 is 5.69 Å². The zero-order valence-corrected chi connectivity index (χ0v) is 20.7. The van der Waals surface area contributed by atoms with E-state index >= 15 is 0 Å². The molecular weight excluding hydrogens is 512 g/mol. The van der Waals surface area contributed by atoms with Gasteiger partial charge in [0.05, 0.1) is 35.9 Å². The van der Waals surface area contributed by atoms with Crippen molar-refractivity contribution in [2.24, 2.45) is 5.10 Å². The van der Waals surface area contributed by atoms with Crippen LogP contribution in [-0.2, 0) is 14.8 Å². The molecule has 0 heterocycles. The van der Waals surface area contributed by atoms with Crippen LogP contribution >= 0.6 is 11.6 Å². The van der Waals surface area contributed by atoms with Gasteiger partial charge in [0, 0.05) is 16.7 Å². The van der Waals surface area contributed by atoms with E-state index in [1.807, 2.05) is 0 Å². The fourth-order valence-electron chi connectivity index (χ4n) is 3.15. The maximum Gasteiger partial charge on any atom is 0.311 e. The Morgan fingerprint density at radius 3 is 2.39 bits per heavy atom. The van der Waals surface area contributed by atoms with Gasteiger partial charge in [-0.2, -0.15) is 5.10 Å². The van der Waals surface area contributed by atoms with Gasteiger partial charge in [-0.15, -0.1) is 0 Å². The number of amides is 1. The lowest BCUT2D eigenvalue weighted by Gasteiger charge is -2.25. The van der Waals surface area contributed by atoms with Crippen LogP contribution in [-0.4, -0.2) is 46.2 Å². The van der Waals surface area contributed by atoms with Crippen LogP contribution in [0.2, 0.25) is 5.02 Å². The molecule has 1 N–H and O–H groups in total. The van der Waals surface area contributed by atoms with Crippen molar-refractivity contribution in [2.45, 2.75) is 4.90 Å². The summed E-state index contributed by atoms with van der Waals surface area (Å²) in [7, 11) is -1.54. The second-order valence-corrected chi connectivity index (χ2v) is 9.42. The van der Waals surface area contributed by atoms with E-state index in [1.54, 1.807) is 18.2 Å². The second-order valence-electron chi connectivity index (χ2n) is 7.12. The van der Waals surface area contributed by atoms with Crippen molar-refractivity contribution in [3.8, 4) is 11.5 Å². The number of nitrogens with one attached hydrogen (secondary N) is 1. The van der Waals surface area contributed by atoms with Crippen LogP contribution in [0.25, 0.3) is 0 Å². The summed E-state index contributed by atoms with van der Waals surface area (Å²) in [4.78, 5) is 23.3. The molecule has 0 saturated heterocycles. The van der Waals surface area contributed by atoms with Gasteiger partial charge in [0.1, 0.15) is 12.3 Å². The number of halogens is 1. The van der Waals surface area contributed by atoms with Gasteiger partial charge in [-0.3, -0.25) is 19.2 Å². The molecule has 0 radical (unpaired) electrons. The molecule has 36 heavy (non-hydrogen) atoms. The topological polar surface area (TPSA) is 140 Å². The molecule has 188 valence electrons. The van der Waals surface area contributed by atoms with Crippen molar-refractivity contribution in [1.29, 1.82) is 0 Å². The number of nitrogens with zero attached hydrogens (tertiary/aromatic N) is 3. The van der Waals surface area contributed by atoms with Crippen LogP contribution in [0.4, 0.5) is 11.4 Å². The van der Waals surface area contributed by atoms with Crippen LogP contribution in [0.5, 0.6) is 11.5 Å². The molecule has 11 nitrogen and oxygen atoms in total. The minimum atomic E-state index is -4.21. The summed E-state index contributed by atoms with van der Waals surface area (Å²) in [5.74, 6) is -0.532. The molecule has 0 aliphatic rings. The molecule has 3 rings (SSSR count). The molecule has 0 aromatic heterocycles. The number of ether oxygens (including phenoxy) is 2. The predicted octanol–water partition coefficient (Wildman–Crippen LogP) is 3.61. The van der Waals surface area contributed by atoms with Gasteiger partial charge in [0.2, 0.25) is 0 Å². The largest absolute Gasteiger partial charge is 0.495 e. The van der Waals surface area contributed by atoms with E-state index in [1.165, 1.54) is 69.0 Å². The number of anilines is 1. The van der Waals surface area contributed by atoms with Gasteiger partial charge in [0.15, 0.2) is 5.75 Å². The van der Waals surface area contributed by atoms with E-state index in [9.17, 15) is 23.3 Å². The van der Waals surface area contributed by atoms with Gasteiger partial charge in [-0.1, -0.05) is 29.8 Å². The Morgan fingerprint density at radius 1 is 1.08 bits per heavy atom. The first-order chi connectivity index (χ1) is 17.2. The molecule has 0 bridgehead atoms. The van der Waals surface area contributed by atoms with Gasteiger partial charge in [0.25, 0.3) is 15.9 Å². The van der Waals surface area contributed by atoms with E-state index in [-0.39, 0.29) is 32.8 Å². The van der Waals surface area contributed by atoms with E-state index in [0.29, 0.717) is 5.56 Å². The fraction of sp³-hybridized carbons (Fsp3) is 0.130. The lowest BCUT2D eigenvalue weighted by Crippen LogP contribution is -2.39. The standard InChI is InChI=1S/C23H21ClN4O7S/c1-34-21-11-9-17(24)13-19(21)27(36(32,33)18-6-4-3-5-7-18)15-23(29)26-25-14-16-8-10-22(35-2)20(12-16)28(30)31/h3-14H,15H2,1-2H3,(H,26,29)/b25-14-. The third-order valence-electron chi connectivity index (χ3n) is 4.83. The summed E-state index contributed by atoms with van der Waals surface area (Å²) in [5, 5.41) is 15.2. The molecule has 13 heteroatoms. The first-order valence-corrected chi connectivity index (χ1v) is 12.0. The number of hydrogen-bond acceptors (Lipinski definition) is 8. The molecule has 0 aliphatic heterocycles. The predicted molar refractivity (Wildman–Crippen MR) is 134 cm³/mol. The van der Waals surface area contributed by atoms with Gasteiger partial charge in [-0.05, 0) is 42.5 Å². The monoisotopic (exact) mass is 532 g/mol. The van der Waals surface area contributed by atoms with Crippen molar-refractivity contribution in [3.05, 3.63) is 87.4 Å². The van der Waals surface area contributed by atoms with Gasteiger partial charge < -0.3 is 9.47 Å². The van der Waals surface area contributed by atoms with E-state index in [2.05, 4.69) is 10.5 Å². The average Bonchev–Trinajstić information content (AvgIpc) is 2.87. The highest BCUT2D eigenvalue weighted by Gasteiger charge is 2.29. The van der Waals surface area contributed by atoms with E-state index < -0.39 is 27.4 Å². The SMILES string of the molecule is COc1ccc(Cl)cc1N(CC(=O)N/N=C\c1ccc(OC)c([N+](=O)[O-])c1)S(=O)(=O)c1ccccc1. The first kappa shape index (κ1) is 26.4. The fourth-order valence-corrected chi connectivity index (χ4v) is 4.76. The number of hydrogen-bond donors (Lipinski definition) is 1. The number of nitro benzene ring substituents is 1. The Bertz CT molecular complexity index is 1400. The number of rotatable bonds is 10. The molecule has 0 saturated carbocycles. The molecule has 0 unspecified atom stereocenters. The van der Waals surface area contributed by atoms with Crippen LogP contribution in [0, 0.1) is 10.1 Å². The van der Waals surface area contributed by atoms with Crippen molar-refractivity contribution in [3.63, 3.8) is 0 Å². The summed E-state index contributed by atoms with van der Waals surface area (Å²) in [6.45, 7) is -0.659. The number of nitro groups is 1. The highest BCUT2D eigenvalue weighted by atomic mass is 35.5. The smallest absolute Gasteiger partial charge is 0.311 e.